The molecule has 11 heteroatoms. The van der Waals surface area contributed by atoms with E-state index in [1.165, 1.54) is 6.07 Å². The number of hydrogen-bond acceptors (Lipinski definition) is 3. The molecule has 1 aromatic carbocycles. The molecule has 0 saturated heterocycles. The minimum atomic E-state index is -4.66. The van der Waals surface area contributed by atoms with Gasteiger partial charge in [-0.3, -0.25) is 0 Å². The first-order chi connectivity index (χ1) is 7.94. The number of benzene rings is 1. The summed E-state index contributed by atoms with van der Waals surface area (Å²) in [6.45, 7) is 0. The quantitative estimate of drug-likeness (QED) is 0.307. The van der Waals surface area contributed by atoms with Crippen molar-refractivity contribution in [2.24, 2.45) is 0 Å². The molecule has 3 nitrogen and oxygen atoms in total. The van der Waals surface area contributed by atoms with Crippen LogP contribution in [0.2, 0.25) is 0 Å². The Bertz CT molecular complexity index is 328. The zero-order valence-corrected chi connectivity index (χ0v) is 9.42. The number of hydrogen-bond donors (Lipinski definition) is 3. The summed E-state index contributed by atoms with van der Waals surface area (Å²) in [6.07, 6.45) is -9.30. The zero-order chi connectivity index (χ0) is 14.6. The Balaban J connectivity index is 0. The molecule has 0 amide bonds. The Kier molecular flexibility index (Phi) is 8.50. The maximum Gasteiger partial charge on any atom is 1.00 e. The van der Waals surface area contributed by atoms with E-state index < -0.39 is 30.8 Å². The van der Waals surface area contributed by atoms with Gasteiger partial charge in [0, 0.05) is 0 Å². The smallest absolute Gasteiger partial charge is 0.402 e. The standard InChI is InChI=1S/C8H3F6.BH3O3.Li/c9-7(10,11)5-1-2-6(4-3-5)8(12,13)14;2-1(3)4;/h1-3H;2-4H;/q-1;;+1. The van der Waals surface area contributed by atoms with Gasteiger partial charge in [-0.2, -0.15) is 50.6 Å². The van der Waals surface area contributed by atoms with E-state index in [0.29, 0.717) is 12.1 Å². The van der Waals surface area contributed by atoms with Gasteiger partial charge < -0.3 is 15.1 Å². The normalized spacial score (nSPS) is 11.0. The topological polar surface area (TPSA) is 60.7 Å². The van der Waals surface area contributed by atoms with E-state index >= 15 is 0 Å². The predicted molar refractivity (Wildman–Crippen MR) is 47.7 cm³/mol. The van der Waals surface area contributed by atoms with Gasteiger partial charge in [-0.05, 0) is 0 Å². The molecule has 0 radical (unpaired) electrons. The summed E-state index contributed by atoms with van der Waals surface area (Å²) in [6, 6.07) is 2.54. The van der Waals surface area contributed by atoms with Crippen LogP contribution in [-0.4, -0.2) is 22.4 Å². The molecule has 1 rings (SSSR count). The number of rotatable bonds is 0. The van der Waals surface area contributed by atoms with Crippen molar-refractivity contribution in [1.82, 2.24) is 0 Å². The summed E-state index contributed by atoms with van der Waals surface area (Å²) in [4.78, 5) is 0. The van der Waals surface area contributed by atoms with Gasteiger partial charge in [-0.15, -0.1) is 0 Å². The van der Waals surface area contributed by atoms with Crippen LogP contribution < -0.4 is 18.9 Å². The Morgan fingerprint density at radius 2 is 1.32 bits per heavy atom. The molecule has 3 N–H and O–H groups in total. The van der Waals surface area contributed by atoms with Gasteiger partial charge >= 0.3 is 38.5 Å². The summed E-state index contributed by atoms with van der Waals surface area (Å²) in [5.41, 5.74) is -2.36. The molecule has 19 heavy (non-hydrogen) atoms. The first kappa shape index (κ1) is 20.7. The van der Waals surface area contributed by atoms with Crippen LogP contribution >= 0.6 is 0 Å². The van der Waals surface area contributed by atoms with Crippen molar-refractivity contribution in [2.45, 2.75) is 12.4 Å². The molecule has 0 spiro atoms. The van der Waals surface area contributed by atoms with Gasteiger partial charge in [0.1, 0.15) is 0 Å². The molecule has 0 aliphatic rings. The molecule has 0 aromatic heterocycles. The fourth-order valence-electron chi connectivity index (χ4n) is 0.777. The fraction of sp³-hybridized carbons (Fsp3) is 0.250. The van der Waals surface area contributed by atoms with Crippen LogP contribution in [0.3, 0.4) is 0 Å². The zero-order valence-electron chi connectivity index (χ0n) is 9.42. The number of alkyl halides is 6. The van der Waals surface area contributed by atoms with Crippen molar-refractivity contribution in [3.05, 3.63) is 35.4 Å². The Labute approximate surface area is 116 Å². The van der Waals surface area contributed by atoms with Gasteiger partial charge in [0.05, 0.1) is 0 Å². The molecule has 0 bridgehead atoms. The molecule has 102 valence electrons. The molecular formula is C8H6BF6LiO3. The van der Waals surface area contributed by atoms with E-state index in [0.717, 1.165) is 0 Å². The average molecular weight is 282 g/mol. The summed E-state index contributed by atoms with van der Waals surface area (Å²) in [5, 5.41) is 21.5. The van der Waals surface area contributed by atoms with Crippen molar-refractivity contribution < 1.29 is 60.3 Å². The minimum Gasteiger partial charge on any atom is -0.402 e. The van der Waals surface area contributed by atoms with Crippen LogP contribution in [0.1, 0.15) is 11.1 Å². The Hall–Kier alpha value is -0.658. The Morgan fingerprint density at radius 1 is 0.895 bits per heavy atom. The monoisotopic (exact) mass is 282 g/mol. The summed E-state index contributed by atoms with van der Waals surface area (Å²) < 4.78 is 71.5. The van der Waals surface area contributed by atoms with Crippen LogP contribution in [0.4, 0.5) is 26.3 Å². The second-order valence-corrected chi connectivity index (χ2v) is 2.83. The van der Waals surface area contributed by atoms with Gasteiger partial charge in [0.15, 0.2) is 0 Å². The molecule has 0 fully saturated rings. The second-order valence-electron chi connectivity index (χ2n) is 2.83. The van der Waals surface area contributed by atoms with Crippen molar-refractivity contribution >= 4 is 7.32 Å². The molecule has 1 aromatic rings. The maximum absolute atomic E-state index is 11.9. The van der Waals surface area contributed by atoms with E-state index in [2.05, 4.69) is 0 Å². The van der Waals surface area contributed by atoms with Gasteiger partial charge in [-0.1, -0.05) is 11.1 Å². The van der Waals surface area contributed by atoms with E-state index in [9.17, 15) is 26.3 Å². The molecule has 0 heterocycles. The van der Waals surface area contributed by atoms with Crippen molar-refractivity contribution in [3.63, 3.8) is 0 Å². The second kappa shape index (κ2) is 7.82. The van der Waals surface area contributed by atoms with Crippen LogP contribution in [0.5, 0.6) is 0 Å². The van der Waals surface area contributed by atoms with Crippen molar-refractivity contribution in [1.29, 1.82) is 0 Å². The number of halogens is 6. The van der Waals surface area contributed by atoms with Gasteiger partial charge in [0.25, 0.3) is 0 Å². The third-order valence-corrected chi connectivity index (χ3v) is 1.45. The largest absolute Gasteiger partial charge is 1.00 e. The third-order valence-electron chi connectivity index (χ3n) is 1.45. The summed E-state index contributed by atoms with van der Waals surface area (Å²) in [5.74, 6) is 0. The molecule has 0 unspecified atom stereocenters. The van der Waals surface area contributed by atoms with E-state index in [4.69, 9.17) is 15.1 Å². The molecular weight excluding hydrogens is 276 g/mol. The van der Waals surface area contributed by atoms with Crippen LogP contribution in [0.25, 0.3) is 0 Å². The third kappa shape index (κ3) is 8.96. The minimum absolute atomic E-state index is 0. The van der Waals surface area contributed by atoms with Crippen molar-refractivity contribution in [3.8, 4) is 0 Å². The van der Waals surface area contributed by atoms with Gasteiger partial charge in [-0.25, -0.2) is 0 Å². The van der Waals surface area contributed by atoms with Crippen LogP contribution in [0.15, 0.2) is 18.2 Å². The van der Waals surface area contributed by atoms with Crippen LogP contribution in [-0.2, 0) is 12.4 Å². The maximum atomic E-state index is 11.9. The van der Waals surface area contributed by atoms with E-state index in [1.54, 1.807) is 0 Å². The SMILES string of the molecule is FC(F)(F)c1[c-]cc(C(F)(F)F)cc1.OB(O)O.[Li+]. The summed E-state index contributed by atoms with van der Waals surface area (Å²) in [7, 11) is -2.17. The summed E-state index contributed by atoms with van der Waals surface area (Å²) >= 11 is 0. The molecule has 0 aliphatic heterocycles. The Morgan fingerprint density at radius 3 is 1.53 bits per heavy atom. The first-order valence-corrected chi connectivity index (χ1v) is 4.15. The average Bonchev–Trinajstić information content (AvgIpc) is 2.14. The molecule has 0 aliphatic carbocycles. The van der Waals surface area contributed by atoms with Crippen LogP contribution in [0, 0.1) is 6.07 Å². The molecule has 0 atom stereocenters. The van der Waals surface area contributed by atoms with Crippen molar-refractivity contribution in [2.75, 3.05) is 0 Å². The fourth-order valence-corrected chi connectivity index (χ4v) is 0.777. The first-order valence-electron chi connectivity index (χ1n) is 4.15. The van der Waals surface area contributed by atoms with Gasteiger partial charge in [0.2, 0.25) is 0 Å². The predicted octanol–water partition coefficient (Wildman–Crippen LogP) is -1.52. The van der Waals surface area contributed by atoms with E-state index in [1.807, 2.05) is 0 Å². The van der Waals surface area contributed by atoms with E-state index in [-0.39, 0.29) is 24.9 Å². The molecule has 0 saturated carbocycles.